The first-order valence-electron chi connectivity index (χ1n) is 9.17. The number of benzene rings is 2. The molecule has 0 saturated carbocycles. The van der Waals surface area contributed by atoms with Gasteiger partial charge in [0.05, 0.1) is 6.42 Å². The van der Waals surface area contributed by atoms with E-state index in [0.717, 1.165) is 5.69 Å². The molecular formula is C21H25N3O4. The molecule has 0 aliphatic rings. The van der Waals surface area contributed by atoms with Crippen molar-refractivity contribution in [2.24, 2.45) is 0 Å². The first-order valence-corrected chi connectivity index (χ1v) is 9.17. The fourth-order valence-corrected chi connectivity index (χ4v) is 2.57. The van der Waals surface area contributed by atoms with Crippen molar-refractivity contribution in [3.8, 4) is 0 Å². The Kier molecular flexibility index (Phi) is 8.02. The summed E-state index contributed by atoms with van der Waals surface area (Å²) in [6, 6.07) is 17.8. The van der Waals surface area contributed by atoms with E-state index in [9.17, 15) is 14.4 Å². The summed E-state index contributed by atoms with van der Waals surface area (Å²) in [5.41, 5.74) is 1.40. The summed E-state index contributed by atoms with van der Waals surface area (Å²) in [6.07, 6.45) is -0.942. The number of urea groups is 1. The normalized spacial score (nSPS) is 11.2. The van der Waals surface area contributed by atoms with Gasteiger partial charge in [-0.3, -0.25) is 9.59 Å². The molecule has 7 heteroatoms. The van der Waals surface area contributed by atoms with E-state index in [-0.39, 0.29) is 18.9 Å². The molecule has 0 bridgehead atoms. The first-order chi connectivity index (χ1) is 13.5. The number of para-hydroxylation sites is 2. The highest BCUT2D eigenvalue weighted by Gasteiger charge is 2.23. The molecule has 0 spiro atoms. The maximum Gasteiger partial charge on any atom is 0.319 e. The lowest BCUT2D eigenvalue weighted by molar-refractivity contribution is -0.153. The number of likely N-dealkylation sites (N-methyl/N-ethyl adjacent to an activating group) is 1. The van der Waals surface area contributed by atoms with Crippen molar-refractivity contribution in [3.63, 3.8) is 0 Å². The fourth-order valence-electron chi connectivity index (χ4n) is 2.57. The van der Waals surface area contributed by atoms with Gasteiger partial charge >= 0.3 is 12.0 Å². The molecule has 0 aliphatic heterocycles. The summed E-state index contributed by atoms with van der Waals surface area (Å²) in [7, 11) is 0. The van der Waals surface area contributed by atoms with Crippen LogP contribution in [-0.2, 0) is 14.3 Å². The Hall–Kier alpha value is -3.35. The van der Waals surface area contributed by atoms with Crippen molar-refractivity contribution in [3.05, 3.63) is 60.7 Å². The number of nitrogens with one attached hydrogen (secondary N) is 2. The number of amides is 3. The SMILES string of the molecule is CCN(C(=O)[C@@H](C)OC(=O)CCNC(=O)Nc1ccccc1)c1ccccc1. The Balaban J connectivity index is 1.75. The third-order valence-corrected chi connectivity index (χ3v) is 3.95. The van der Waals surface area contributed by atoms with Gasteiger partial charge in [-0.15, -0.1) is 0 Å². The standard InChI is InChI=1S/C21H25N3O4/c1-3-24(18-12-8-5-9-13-18)20(26)16(2)28-19(25)14-15-22-21(27)23-17-10-6-4-7-11-17/h4-13,16H,3,14-15H2,1-2H3,(H2,22,23,27)/t16-/m1/s1. The van der Waals surface area contributed by atoms with Gasteiger partial charge in [-0.25, -0.2) is 4.79 Å². The van der Waals surface area contributed by atoms with Crippen LogP contribution in [0.2, 0.25) is 0 Å². The largest absolute Gasteiger partial charge is 0.452 e. The van der Waals surface area contributed by atoms with Gasteiger partial charge in [0.15, 0.2) is 6.10 Å². The predicted molar refractivity (Wildman–Crippen MR) is 108 cm³/mol. The summed E-state index contributed by atoms with van der Waals surface area (Å²) >= 11 is 0. The monoisotopic (exact) mass is 383 g/mol. The molecule has 0 aliphatic carbocycles. The van der Waals surface area contributed by atoms with Gasteiger partial charge < -0.3 is 20.3 Å². The van der Waals surface area contributed by atoms with Crippen molar-refractivity contribution < 1.29 is 19.1 Å². The first kappa shape index (κ1) is 21.0. The van der Waals surface area contributed by atoms with Gasteiger partial charge in [0, 0.05) is 24.5 Å². The summed E-state index contributed by atoms with van der Waals surface area (Å²) in [5, 5.41) is 5.23. The molecule has 0 radical (unpaired) electrons. The van der Waals surface area contributed by atoms with Crippen LogP contribution in [0.4, 0.5) is 16.2 Å². The second-order valence-electron chi connectivity index (χ2n) is 6.05. The molecule has 7 nitrogen and oxygen atoms in total. The number of carbonyl (C=O) groups is 3. The van der Waals surface area contributed by atoms with E-state index in [0.29, 0.717) is 12.2 Å². The number of esters is 1. The quantitative estimate of drug-likeness (QED) is 0.686. The van der Waals surface area contributed by atoms with E-state index >= 15 is 0 Å². The van der Waals surface area contributed by atoms with Crippen molar-refractivity contribution in [1.82, 2.24) is 5.32 Å². The molecule has 0 aromatic heterocycles. The van der Waals surface area contributed by atoms with Crippen molar-refractivity contribution in [2.45, 2.75) is 26.4 Å². The van der Waals surface area contributed by atoms with Crippen LogP contribution in [0.1, 0.15) is 20.3 Å². The summed E-state index contributed by atoms with van der Waals surface area (Å²) in [5.74, 6) is -0.846. The minimum Gasteiger partial charge on any atom is -0.452 e. The highest BCUT2D eigenvalue weighted by molar-refractivity contribution is 5.97. The second-order valence-corrected chi connectivity index (χ2v) is 6.05. The molecule has 0 fully saturated rings. The number of carbonyl (C=O) groups excluding carboxylic acids is 3. The van der Waals surface area contributed by atoms with Crippen LogP contribution >= 0.6 is 0 Å². The van der Waals surface area contributed by atoms with Gasteiger partial charge in [-0.2, -0.15) is 0 Å². The Morgan fingerprint density at radius 2 is 1.61 bits per heavy atom. The molecule has 148 valence electrons. The number of anilines is 2. The zero-order valence-corrected chi connectivity index (χ0v) is 16.1. The van der Waals surface area contributed by atoms with Crippen LogP contribution in [0.5, 0.6) is 0 Å². The maximum atomic E-state index is 12.6. The minimum absolute atomic E-state index is 0.0305. The maximum absolute atomic E-state index is 12.6. The Morgan fingerprint density at radius 1 is 1.00 bits per heavy atom. The summed E-state index contributed by atoms with van der Waals surface area (Å²) in [6.45, 7) is 3.97. The number of ether oxygens (including phenoxy) is 1. The summed E-state index contributed by atoms with van der Waals surface area (Å²) in [4.78, 5) is 37.9. The van der Waals surface area contributed by atoms with Crippen LogP contribution in [-0.4, -0.2) is 37.1 Å². The van der Waals surface area contributed by atoms with E-state index in [1.807, 2.05) is 43.3 Å². The molecule has 2 aromatic carbocycles. The van der Waals surface area contributed by atoms with E-state index in [1.54, 1.807) is 36.1 Å². The van der Waals surface area contributed by atoms with Gasteiger partial charge in [-0.1, -0.05) is 36.4 Å². The number of hydrogen-bond donors (Lipinski definition) is 2. The molecule has 0 unspecified atom stereocenters. The molecule has 2 rings (SSSR count). The Bertz CT molecular complexity index is 781. The van der Waals surface area contributed by atoms with E-state index in [1.165, 1.54) is 0 Å². The average Bonchev–Trinajstić information content (AvgIpc) is 2.70. The predicted octanol–water partition coefficient (Wildman–Crippen LogP) is 3.18. The van der Waals surface area contributed by atoms with Crippen LogP contribution in [0.3, 0.4) is 0 Å². The lowest BCUT2D eigenvalue weighted by Crippen LogP contribution is -2.40. The van der Waals surface area contributed by atoms with Crippen LogP contribution < -0.4 is 15.5 Å². The van der Waals surface area contributed by atoms with Crippen LogP contribution in [0.15, 0.2) is 60.7 Å². The smallest absolute Gasteiger partial charge is 0.319 e. The van der Waals surface area contributed by atoms with Crippen molar-refractivity contribution >= 4 is 29.3 Å². The van der Waals surface area contributed by atoms with Crippen molar-refractivity contribution in [1.29, 1.82) is 0 Å². The Labute approximate surface area is 164 Å². The van der Waals surface area contributed by atoms with Crippen LogP contribution in [0.25, 0.3) is 0 Å². The fraction of sp³-hybridized carbons (Fsp3) is 0.286. The van der Waals surface area contributed by atoms with Gasteiger partial charge in [0.1, 0.15) is 0 Å². The molecule has 2 aromatic rings. The van der Waals surface area contributed by atoms with Crippen molar-refractivity contribution in [2.75, 3.05) is 23.3 Å². The molecule has 2 N–H and O–H groups in total. The molecule has 1 atom stereocenters. The number of hydrogen-bond acceptors (Lipinski definition) is 4. The van der Waals surface area contributed by atoms with Crippen LogP contribution in [0, 0.1) is 0 Å². The zero-order valence-electron chi connectivity index (χ0n) is 16.1. The molecule has 0 heterocycles. The third kappa shape index (κ3) is 6.42. The average molecular weight is 383 g/mol. The third-order valence-electron chi connectivity index (χ3n) is 3.95. The van der Waals surface area contributed by atoms with Gasteiger partial charge in [-0.05, 0) is 38.1 Å². The minimum atomic E-state index is -0.911. The van der Waals surface area contributed by atoms with Gasteiger partial charge in [0.25, 0.3) is 5.91 Å². The highest BCUT2D eigenvalue weighted by atomic mass is 16.5. The summed E-state index contributed by atoms with van der Waals surface area (Å²) < 4.78 is 5.21. The molecule has 0 saturated heterocycles. The lowest BCUT2D eigenvalue weighted by Gasteiger charge is -2.24. The molecule has 3 amide bonds. The molecular weight excluding hydrogens is 358 g/mol. The Morgan fingerprint density at radius 3 is 2.21 bits per heavy atom. The number of rotatable bonds is 8. The number of nitrogens with zero attached hydrogens (tertiary/aromatic N) is 1. The van der Waals surface area contributed by atoms with Gasteiger partial charge in [0.2, 0.25) is 0 Å². The highest BCUT2D eigenvalue weighted by Crippen LogP contribution is 2.15. The van der Waals surface area contributed by atoms with E-state index < -0.39 is 18.1 Å². The van der Waals surface area contributed by atoms with E-state index in [2.05, 4.69) is 10.6 Å². The lowest BCUT2D eigenvalue weighted by atomic mass is 10.2. The zero-order chi connectivity index (χ0) is 20.4. The molecule has 28 heavy (non-hydrogen) atoms. The topological polar surface area (TPSA) is 87.7 Å². The second kappa shape index (κ2) is 10.7. The van der Waals surface area contributed by atoms with E-state index in [4.69, 9.17) is 4.74 Å².